The molecule has 294 valence electrons. The molecule has 2 aromatic rings. The van der Waals surface area contributed by atoms with Crippen LogP contribution in [0.4, 0.5) is 0 Å². The van der Waals surface area contributed by atoms with Crippen molar-refractivity contribution < 1.29 is 57.9 Å². The molecule has 0 bridgehead atoms. The van der Waals surface area contributed by atoms with E-state index in [1.165, 1.54) is 64.7 Å². The molecular formula is C38H50N4O12. The molecule has 0 aliphatic carbocycles. The fraction of sp³-hybridized carbons (Fsp3) is 0.579. The van der Waals surface area contributed by atoms with E-state index in [0.29, 0.717) is 23.0 Å². The maximum absolute atomic E-state index is 9.10. The molecule has 6 aliphatic heterocycles. The highest BCUT2D eigenvalue weighted by Gasteiger charge is 2.28. The topological polar surface area (TPSA) is 180 Å². The highest BCUT2D eigenvalue weighted by Crippen LogP contribution is 2.43. The fourth-order valence-corrected chi connectivity index (χ4v) is 7.26. The zero-order valence-corrected chi connectivity index (χ0v) is 31.0. The molecule has 2 fully saturated rings. The Labute approximate surface area is 314 Å². The van der Waals surface area contributed by atoms with Gasteiger partial charge in [-0.3, -0.25) is 9.80 Å². The summed E-state index contributed by atoms with van der Waals surface area (Å²) in [6, 6.07) is 8.02. The molecule has 2 atom stereocenters. The molecule has 0 radical (unpaired) electrons. The van der Waals surface area contributed by atoms with Gasteiger partial charge in [0.2, 0.25) is 25.1 Å². The zero-order valence-electron chi connectivity index (χ0n) is 31.0. The molecule has 6 aliphatic rings. The van der Waals surface area contributed by atoms with Crippen molar-refractivity contribution in [1.82, 2.24) is 9.80 Å². The summed E-state index contributed by atoms with van der Waals surface area (Å²) in [6.45, 7) is 7.12. The largest absolute Gasteiger partial charge is 0.493 e. The van der Waals surface area contributed by atoms with Crippen LogP contribution >= 0.6 is 0 Å². The highest BCUT2D eigenvalue weighted by molar-refractivity contribution is 6.27. The Morgan fingerprint density at radius 2 is 1.06 bits per heavy atom. The number of oxime groups is 2. The molecule has 54 heavy (non-hydrogen) atoms. The van der Waals surface area contributed by atoms with Crippen LogP contribution in [0.3, 0.4) is 0 Å². The number of rotatable bonds is 10. The van der Waals surface area contributed by atoms with Gasteiger partial charge in [0.15, 0.2) is 23.0 Å². The number of hydrogen-bond acceptors (Lipinski definition) is 14. The van der Waals surface area contributed by atoms with Gasteiger partial charge in [-0.15, -0.1) is 0 Å². The van der Waals surface area contributed by atoms with E-state index in [9.17, 15) is 0 Å². The first-order chi connectivity index (χ1) is 26.3. The molecule has 0 amide bonds. The summed E-state index contributed by atoms with van der Waals surface area (Å²) in [5.41, 5.74) is 4.57. The standard InChI is InChI=1S/2C18H24N2O4.C2H2O4/c2*1-21-16-8-13(9-17-18(16)23-12-22-17)7-15-10-14(19-24-15)11-20-5-3-2-4-6-20;3-1(4)2(5)6/h2*8-9,15H,2-7,10-12H2,1H3;(H,3,4)(H,5,6). The highest BCUT2D eigenvalue weighted by atomic mass is 16.7. The number of hydrogen-bond donors (Lipinski definition) is 2. The first kappa shape index (κ1) is 38.8. The van der Waals surface area contributed by atoms with Crippen molar-refractivity contribution >= 4 is 23.4 Å². The van der Waals surface area contributed by atoms with E-state index in [2.05, 4.69) is 20.1 Å². The number of carbonyl (C=O) groups is 2. The van der Waals surface area contributed by atoms with E-state index in [1.807, 2.05) is 24.3 Å². The van der Waals surface area contributed by atoms with Crippen LogP contribution in [0.25, 0.3) is 0 Å². The van der Waals surface area contributed by atoms with Crippen molar-refractivity contribution in [2.45, 2.75) is 76.4 Å². The lowest BCUT2D eigenvalue weighted by atomic mass is 10.0. The van der Waals surface area contributed by atoms with Crippen molar-refractivity contribution in [2.24, 2.45) is 10.3 Å². The Hall–Kier alpha value is -4.96. The van der Waals surface area contributed by atoms with Crippen molar-refractivity contribution in [1.29, 1.82) is 0 Å². The molecule has 2 unspecified atom stereocenters. The fourth-order valence-electron chi connectivity index (χ4n) is 7.26. The average Bonchev–Trinajstić information content (AvgIpc) is 4.01. The summed E-state index contributed by atoms with van der Waals surface area (Å²) in [6.07, 6.45) is 11.5. The molecule has 0 spiro atoms. The number of benzene rings is 2. The third-order valence-electron chi connectivity index (χ3n) is 9.84. The summed E-state index contributed by atoms with van der Waals surface area (Å²) < 4.78 is 32.7. The minimum Gasteiger partial charge on any atom is -0.493 e. The maximum atomic E-state index is 9.10. The molecule has 2 aromatic carbocycles. The van der Waals surface area contributed by atoms with Crippen molar-refractivity contribution in [3.63, 3.8) is 0 Å². The number of fused-ring (bicyclic) bond motifs is 2. The molecule has 16 heteroatoms. The second-order valence-corrected chi connectivity index (χ2v) is 13.9. The first-order valence-electron chi connectivity index (χ1n) is 18.5. The molecule has 2 N–H and O–H groups in total. The molecule has 16 nitrogen and oxygen atoms in total. The number of aliphatic carboxylic acids is 2. The van der Waals surface area contributed by atoms with Crippen LogP contribution in [0, 0.1) is 0 Å². The van der Waals surface area contributed by atoms with E-state index >= 15 is 0 Å². The lowest BCUT2D eigenvalue weighted by molar-refractivity contribution is -0.159. The molecule has 6 heterocycles. The van der Waals surface area contributed by atoms with Gasteiger partial charge in [0, 0.05) is 38.8 Å². The summed E-state index contributed by atoms with van der Waals surface area (Å²) in [7, 11) is 3.29. The Kier molecular flexibility index (Phi) is 13.5. The van der Waals surface area contributed by atoms with Gasteiger partial charge in [0.1, 0.15) is 12.2 Å². The number of carboxylic acids is 2. The minimum atomic E-state index is -1.82. The van der Waals surface area contributed by atoms with Gasteiger partial charge in [0.25, 0.3) is 0 Å². The molecule has 2 saturated heterocycles. The van der Waals surface area contributed by atoms with E-state index < -0.39 is 11.9 Å². The van der Waals surface area contributed by atoms with Gasteiger partial charge in [-0.1, -0.05) is 23.2 Å². The Morgan fingerprint density at radius 1 is 0.648 bits per heavy atom. The monoisotopic (exact) mass is 754 g/mol. The zero-order chi connectivity index (χ0) is 37.9. The lowest BCUT2D eigenvalue weighted by Gasteiger charge is -2.25. The van der Waals surface area contributed by atoms with Gasteiger partial charge in [-0.05, 0) is 87.3 Å². The number of carboxylic acid groups (broad SMARTS) is 2. The summed E-state index contributed by atoms with van der Waals surface area (Å²) in [5, 5.41) is 23.4. The third-order valence-corrected chi connectivity index (χ3v) is 9.84. The van der Waals surface area contributed by atoms with Crippen LogP contribution in [0.15, 0.2) is 34.6 Å². The van der Waals surface area contributed by atoms with Crippen molar-refractivity contribution in [2.75, 3.05) is 67.1 Å². The summed E-state index contributed by atoms with van der Waals surface area (Å²) >= 11 is 0. The van der Waals surface area contributed by atoms with E-state index in [1.54, 1.807) is 14.2 Å². The van der Waals surface area contributed by atoms with Gasteiger partial charge < -0.3 is 48.3 Å². The van der Waals surface area contributed by atoms with Crippen LogP contribution < -0.4 is 28.4 Å². The van der Waals surface area contributed by atoms with E-state index in [4.69, 9.17) is 57.9 Å². The third kappa shape index (κ3) is 10.6. The number of piperidine rings is 2. The Morgan fingerprint density at radius 3 is 1.43 bits per heavy atom. The van der Waals surface area contributed by atoms with Gasteiger partial charge in [0.05, 0.1) is 25.6 Å². The predicted octanol–water partition coefficient (Wildman–Crippen LogP) is 4.35. The van der Waals surface area contributed by atoms with Gasteiger partial charge in [-0.2, -0.15) is 0 Å². The smallest absolute Gasteiger partial charge is 0.414 e. The number of nitrogens with zero attached hydrogens (tertiary/aromatic N) is 4. The van der Waals surface area contributed by atoms with Crippen LogP contribution in [-0.2, 0) is 32.1 Å². The number of likely N-dealkylation sites (tertiary alicyclic amines) is 2. The van der Waals surface area contributed by atoms with Crippen LogP contribution in [0.1, 0.15) is 62.5 Å². The van der Waals surface area contributed by atoms with Gasteiger partial charge >= 0.3 is 11.9 Å². The Balaban J connectivity index is 0.000000160. The summed E-state index contributed by atoms with van der Waals surface area (Å²) in [5.74, 6) is 0.657. The average molecular weight is 755 g/mol. The van der Waals surface area contributed by atoms with E-state index in [0.717, 1.165) is 72.8 Å². The predicted molar refractivity (Wildman–Crippen MR) is 195 cm³/mol. The molecular weight excluding hydrogens is 704 g/mol. The molecule has 0 aromatic heterocycles. The van der Waals surface area contributed by atoms with Crippen molar-refractivity contribution in [3.8, 4) is 34.5 Å². The number of methoxy groups -OCH3 is 2. The first-order valence-corrected chi connectivity index (χ1v) is 18.5. The summed E-state index contributed by atoms with van der Waals surface area (Å²) in [4.78, 5) is 34.5. The SMILES string of the molecule is COc1cc(CC2CC(CN3CCCCC3)=NO2)cc2c1OCO2.COc1cc(CC2CC(CN3CCCCC3)=NO2)cc2c1OCO2.O=C(O)C(=O)O. The van der Waals surface area contributed by atoms with Crippen LogP contribution in [0.2, 0.25) is 0 Å². The lowest BCUT2D eigenvalue weighted by Crippen LogP contribution is -2.34. The van der Waals surface area contributed by atoms with E-state index in [-0.39, 0.29) is 25.8 Å². The normalized spacial score (nSPS) is 21.3. The number of ether oxygens (including phenoxy) is 6. The molecule has 8 rings (SSSR count). The molecule has 0 saturated carbocycles. The quantitative estimate of drug-likeness (QED) is 0.327. The van der Waals surface area contributed by atoms with Crippen LogP contribution in [-0.4, -0.2) is 123 Å². The van der Waals surface area contributed by atoms with Crippen LogP contribution in [0.5, 0.6) is 34.5 Å². The maximum Gasteiger partial charge on any atom is 0.414 e. The van der Waals surface area contributed by atoms with Crippen molar-refractivity contribution in [3.05, 3.63) is 35.4 Å². The minimum absolute atomic E-state index is 0.0925. The second kappa shape index (κ2) is 18.9. The Bertz CT molecular complexity index is 1550. The van der Waals surface area contributed by atoms with Gasteiger partial charge in [-0.25, -0.2) is 9.59 Å². The second-order valence-electron chi connectivity index (χ2n) is 13.9.